The van der Waals surface area contributed by atoms with E-state index < -0.39 is 5.97 Å². The second kappa shape index (κ2) is 11.4. The molecule has 0 spiro atoms. The van der Waals surface area contributed by atoms with Gasteiger partial charge in [-0.3, -0.25) is 4.79 Å². The number of carbonyl (C=O) groups is 3. The maximum atomic E-state index is 11.8. The third-order valence-corrected chi connectivity index (χ3v) is 4.16. The fraction of sp³-hybridized carbons (Fsp3) is 0.0870. The van der Waals surface area contributed by atoms with E-state index in [4.69, 9.17) is 21.4 Å². The molecular weight excluding hydrogens is 392 g/mol. The number of aromatic carboxylic acids is 1. The monoisotopic (exact) mass is 410 g/mol. The highest BCUT2D eigenvalue weighted by molar-refractivity contribution is 6.17. The van der Waals surface area contributed by atoms with Gasteiger partial charge in [0.1, 0.15) is 12.9 Å². The molecule has 0 aromatic heterocycles. The quantitative estimate of drug-likeness (QED) is 0.352. The summed E-state index contributed by atoms with van der Waals surface area (Å²) in [5, 5.41) is 8.46. The van der Waals surface area contributed by atoms with Gasteiger partial charge in [-0.05, 0) is 35.4 Å². The third-order valence-electron chi connectivity index (χ3n) is 3.85. The molecule has 0 radical (unpaired) electrons. The van der Waals surface area contributed by atoms with Crippen LogP contribution in [0.3, 0.4) is 0 Å². The molecule has 1 N–H and O–H groups in total. The van der Waals surface area contributed by atoms with Crippen molar-refractivity contribution < 1.29 is 24.2 Å². The van der Waals surface area contributed by atoms with E-state index in [1.165, 1.54) is 24.3 Å². The highest BCUT2D eigenvalue weighted by Crippen LogP contribution is 2.09. The number of carboxylic acid groups (broad SMARTS) is 1. The number of rotatable bonds is 6. The largest absolute Gasteiger partial charge is 0.478 e. The third kappa shape index (κ3) is 7.24. The molecule has 0 bridgehead atoms. The zero-order valence-electron chi connectivity index (χ0n) is 15.5. The maximum absolute atomic E-state index is 11.8. The number of alkyl halides is 1. The topological polar surface area (TPSA) is 80.7 Å². The molecule has 6 heteroatoms. The Morgan fingerprint density at radius 1 is 0.828 bits per heavy atom. The van der Waals surface area contributed by atoms with Gasteiger partial charge < -0.3 is 9.84 Å². The summed E-state index contributed by atoms with van der Waals surface area (Å²) in [7, 11) is 0. The van der Waals surface area contributed by atoms with Crippen LogP contribution in [-0.2, 0) is 17.2 Å². The van der Waals surface area contributed by atoms with E-state index in [1.807, 2.05) is 42.5 Å². The fourth-order valence-electron chi connectivity index (χ4n) is 2.24. The van der Waals surface area contributed by atoms with Gasteiger partial charge in [0.05, 0.1) is 11.1 Å². The van der Waals surface area contributed by atoms with Gasteiger partial charge >= 0.3 is 11.9 Å². The molecule has 0 aliphatic carbocycles. The van der Waals surface area contributed by atoms with Crippen molar-refractivity contribution in [2.75, 3.05) is 0 Å². The summed E-state index contributed by atoms with van der Waals surface area (Å²) in [5.74, 6) is -0.860. The van der Waals surface area contributed by atoms with Crippen LogP contribution in [0.1, 0.15) is 42.2 Å². The molecule has 29 heavy (non-hydrogen) atoms. The molecule has 148 valence electrons. The molecule has 3 rings (SSSR count). The second-order valence-corrected chi connectivity index (χ2v) is 6.20. The molecule has 0 fully saturated rings. The first kappa shape index (κ1) is 21.9. The lowest BCUT2D eigenvalue weighted by molar-refractivity contribution is 0.0472. The molecule has 0 amide bonds. The van der Waals surface area contributed by atoms with Crippen molar-refractivity contribution >= 4 is 29.8 Å². The Balaban J connectivity index is 0.000000234. The van der Waals surface area contributed by atoms with E-state index in [1.54, 1.807) is 12.1 Å². The summed E-state index contributed by atoms with van der Waals surface area (Å²) < 4.78 is 5.22. The van der Waals surface area contributed by atoms with Crippen LogP contribution in [-0.4, -0.2) is 23.3 Å². The molecular formula is C23H19ClO5. The minimum atomic E-state index is -0.984. The Kier molecular flexibility index (Phi) is 8.60. The smallest absolute Gasteiger partial charge is 0.338 e. The van der Waals surface area contributed by atoms with Crippen molar-refractivity contribution in [2.45, 2.75) is 12.5 Å². The first-order chi connectivity index (χ1) is 14.0. The van der Waals surface area contributed by atoms with Crippen molar-refractivity contribution in [2.24, 2.45) is 0 Å². The molecule has 3 aromatic rings. The number of aldehydes is 1. The number of carboxylic acids is 1. The molecule has 0 aliphatic rings. The van der Waals surface area contributed by atoms with E-state index in [0.717, 1.165) is 11.1 Å². The van der Waals surface area contributed by atoms with Gasteiger partial charge in [0.25, 0.3) is 0 Å². The van der Waals surface area contributed by atoms with Crippen LogP contribution in [0.25, 0.3) is 0 Å². The van der Waals surface area contributed by atoms with Crippen molar-refractivity contribution in [3.05, 3.63) is 107 Å². The number of halogens is 1. The zero-order chi connectivity index (χ0) is 21.1. The molecule has 0 heterocycles. The maximum Gasteiger partial charge on any atom is 0.338 e. The van der Waals surface area contributed by atoms with Gasteiger partial charge in [-0.1, -0.05) is 54.6 Å². The summed E-state index contributed by atoms with van der Waals surface area (Å²) in [5.41, 5.74) is 3.17. The Hall–Kier alpha value is -3.44. The van der Waals surface area contributed by atoms with E-state index in [0.29, 0.717) is 23.3 Å². The molecule has 3 aromatic carbocycles. The first-order valence-corrected chi connectivity index (χ1v) is 9.21. The minimum Gasteiger partial charge on any atom is -0.478 e. The van der Waals surface area contributed by atoms with E-state index >= 15 is 0 Å². The summed E-state index contributed by atoms with van der Waals surface area (Å²) in [6.45, 7) is 0.289. The predicted octanol–water partition coefficient (Wildman–Crippen LogP) is 4.98. The van der Waals surface area contributed by atoms with Crippen LogP contribution < -0.4 is 0 Å². The van der Waals surface area contributed by atoms with E-state index in [9.17, 15) is 14.4 Å². The normalized spacial score (nSPS) is 9.69. The SMILES string of the molecule is O=C(OCc1ccccc1)c1ccc(CCl)cc1.O=Cc1ccc(C(=O)O)cc1. The predicted molar refractivity (Wildman–Crippen MR) is 110 cm³/mol. The lowest BCUT2D eigenvalue weighted by atomic mass is 10.1. The van der Waals surface area contributed by atoms with Gasteiger partial charge in [0, 0.05) is 11.4 Å². The summed E-state index contributed by atoms with van der Waals surface area (Å²) >= 11 is 5.68. The van der Waals surface area contributed by atoms with E-state index in [-0.39, 0.29) is 18.1 Å². The van der Waals surface area contributed by atoms with Crippen molar-refractivity contribution in [1.29, 1.82) is 0 Å². The average Bonchev–Trinajstić information content (AvgIpc) is 2.78. The lowest BCUT2D eigenvalue weighted by Gasteiger charge is -2.05. The second-order valence-electron chi connectivity index (χ2n) is 5.94. The van der Waals surface area contributed by atoms with Gasteiger partial charge in [-0.15, -0.1) is 11.6 Å². The number of esters is 1. The van der Waals surface area contributed by atoms with Crippen LogP contribution in [0.2, 0.25) is 0 Å². The number of ether oxygens (including phenoxy) is 1. The van der Waals surface area contributed by atoms with Crippen molar-refractivity contribution in [3.8, 4) is 0 Å². The zero-order valence-corrected chi connectivity index (χ0v) is 16.2. The number of hydrogen-bond acceptors (Lipinski definition) is 4. The molecule has 0 saturated carbocycles. The fourth-order valence-corrected chi connectivity index (χ4v) is 2.42. The van der Waals surface area contributed by atoms with Crippen molar-refractivity contribution in [3.63, 3.8) is 0 Å². The van der Waals surface area contributed by atoms with Crippen LogP contribution in [0.4, 0.5) is 0 Å². The molecule has 0 saturated heterocycles. The average molecular weight is 411 g/mol. The van der Waals surface area contributed by atoms with Gasteiger partial charge in [0.15, 0.2) is 0 Å². The minimum absolute atomic E-state index is 0.190. The summed E-state index contributed by atoms with van der Waals surface area (Å²) in [4.78, 5) is 32.2. The van der Waals surface area contributed by atoms with Crippen LogP contribution >= 0.6 is 11.6 Å². The number of benzene rings is 3. The highest BCUT2D eigenvalue weighted by atomic mass is 35.5. The first-order valence-electron chi connectivity index (χ1n) is 8.68. The number of carbonyl (C=O) groups excluding carboxylic acids is 2. The Morgan fingerprint density at radius 3 is 1.93 bits per heavy atom. The molecule has 0 atom stereocenters. The summed E-state index contributed by atoms with van der Waals surface area (Å²) in [6.07, 6.45) is 0.672. The Bertz CT molecular complexity index is 935. The van der Waals surface area contributed by atoms with Crippen LogP contribution in [0.5, 0.6) is 0 Å². The van der Waals surface area contributed by atoms with Gasteiger partial charge in [0.2, 0.25) is 0 Å². The molecule has 5 nitrogen and oxygen atoms in total. The Morgan fingerprint density at radius 2 is 1.41 bits per heavy atom. The number of hydrogen-bond donors (Lipinski definition) is 1. The van der Waals surface area contributed by atoms with Gasteiger partial charge in [-0.2, -0.15) is 0 Å². The molecule has 0 unspecified atom stereocenters. The van der Waals surface area contributed by atoms with Crippen molar-refractivity contribution in [1.82, 2.24) is 0 Å². The Labute approximate surface area is 173 Å². The van der Waals surface area contributed by atoms with Gasteiger partial charge in [-0.25, -0.2) is 9.59 Å². The van der Waals surface area contributed by atoms with Crippen LogP contribution in [0, 0.1) is 0 Å². The molecule has 0 aliphatic heterocycles. The summed E-state index contributed by atoms with van der Waals surface area (Å²) in [6, 6.07) is 22.4. The lowest BCUT2D eigenvalue weighted by Crippen LogP contribution is -2.05. The van der Waals surface area contributed by atoms with Crippen LogP contribution in [0.15, 0.2) is 78.9 Å². The highest BCUT2D eigenvalue weighted by Gasteiger charge is 2.06. The van der Waals surface area contributed by atoms with E-state index in [2.05, 4.69) is 0 Å². The standard InChI is InChI=1S/C15H13ClO2.C8H6O3/c16-10-12-6-8-14(9-7-12)15(17)18-11-13-4-2-1-3-5-13;9-5-6-1-3-7(4-2-6)8(10)11/h1-9H,10-11H2;1-5H,(H,10,11).